The Labute approximate surface area is 117 Å². The molecule has 1 unspecified atom stereocenters. The fraction of sp³-hybridized carbons (Fsp3) is 0.455. The third kappa shape index (κ3) is 4.10. The van der Waals surface area contributed by atoms with Gasteiger partial charge < -0.3 is 4.74 Å². The van der Waals surface area contributed by atoms with E-state index in [1.165, 1.54) is 19.2 Å². The lowest BCUT2D eigenvalue weighted by Crippen LogP contribution is -2.31. The van der Waals surface area contributed by atoms with Gasteiger partial charge in [-0.25, -0.2) is 13.1 Å². The van der Waals surface area contributed by atoms with Crippen molar-refractivity contribution in [3.8, 4) is 0 Å². The number of hydrogen-bond acceptors (Lipinski definition) is 3. The quantitative estimate of drug-likeness (QED) is 0.821. The highest BCUT2D eigenvalue weighted by Gasteiger charge is 2.16. The molecule has 0 aliphatic carbocycles. The molecule has 0 amide bonds. The van der Waals surface area contributed by atoms with E-state index in [1.807, 2.05) is 0 Å². The number of rotatable bonds is 6. The molecular weight excluding hydrogens is 297 g/mol. The molecule has 0 fully saturated rings. The van der Waals surface area contributed by atoms with Crippen LogP contribution in [-0.4, -0.2) is 28.2 Å². The number of benzene rings is 1. The molecule has 0 bridgehead atoms. The van der Waals surface area contributed by atoms with Crippen LogP contribution >= 0.6 is 23.2 Å². The first-order valence-electron chi connectivity index (χ1n) is 5.27. The molecule has 1 atom stereocenters. The zero-order valence-electron chi connectivity index (χ0n) is 10.1. The summed E-state index contributed by atoms with van der Waals surface area (Å²) in [7, 11) is -2.05. The Morgan fingerprint density at radius 3 is 2.61 bits per heavy atom. The first-order valence-corrected chi connectivity index (χ1v) is 7.67. The van der Waals surface area contributed by atoms with Gasteiger partial charge in [0.2, 0.25) is 10.0 Å². The zero-order chi connectivity index (χ0) is 13.8. The summed E-state index contributed by atoms with van der Waals surface area (Å²) in [5.74, 6) is 0.243. The Morgan fingerprint density at radius 2 is 2.11 bits per heavy atom. The van der Waals surface area contributed by atoms with Crippen molar-refractivity contribution in [1.82, 2.24) is 4.72 Å². The van der Waals surface area contributed by atoms with E-state index in [2.05, 4.69) is 4.72 Å². The zero-order valence-corrected chi connectivity index (χ0v) is 12.4. The molecule has 18 heavy (non-hydrogen) atoms. The molecule has 0 saturated heterocycles. The second-order valence-electron chi connectivity index (χ2n) is 3.79. The number of methoxy groups -OCH3 is 1. The van der Waals surface area contributed by atoms with Crippen LogP contribution in [0.5, 0.6) is 0 Å². The molecule has 1 rings (SSSR count). The van der Waals surface area contributed by atoms with Crippen LogP contribution in [0.3, 0.4) is 0 Å². The minimum absolute atomic E-state index is 0.115. The lowest BCUT2D eigenvalue weighted by atomic mass is 10.2. The molecule has 0 saturated carbocycles. The number of nitrogens with one attached hydrogen (secondary N) is 1. The van der Waals surface area contributed by atoms with Crippen LogP contribution in [0.2, 0.25) is 5.02 Å². The minimum Gasteiger partial charge on any atom is -0.380 e. The molecule has 0 aliphatic rings. The second-order valence-corrected chi connectivity index (χ2v) is 6.23. The van der Waals surface area contributed by atoms with E-state index in [1.54, 1.807) is 13.0 Å². The molecule has 7 heteroatoms. The van der Waals surface area contributed by atoms with Gasteiger partial charge in [0, 0.05) is 24.6 Å². The van der Waals surface area contributed by atoms with E-state index in [0.29, 0.717) is 10.6 Å². The molecule has 102 valence electrons. The Kier molecular flexibility index (Phi) is 5.88. The van der Waals surface area contributed by atoms with Crippen LogP contribution in [0.1, 0.15) is 12.5 Å². The maximum absolute atomic E-state index is 11.9. The van der Waals surface area contributed by atoms with Crippen LogP contribution < -0.4 is 4.72 Å². The largest absolute Gasteiger partial charge is 0.380 e. The van der Waals surface area contributed by atoms with Gasteiger partial charge in [-0.1, -0.05) is 17.7 Å². The molecule has 1 aromatic carbocycles. The molecule has 0 aromatic heterocycles. The van der Waals surface area contributed by atoms with Crippen molar-refractivity contribution < 1.29 is 13.2 Å². The SMILES string of the molecule is COC(C)CNS(=O)(=O)c1ccc(CCl)c(Cl)c1. The third-order valence-corrected chi connectivity index (χ3v) is 4.50. The van der Waals surface area contributed by atoms with E-state index in [-0.39, 0.29) is 23.4 Å². The molecule has 4 nitrogen and oxygen atoms in total. The van der Waals surface area contributed by atoms with Gasteiger partial charge in [0.05, 0.1) is 11.0 Å². The number of halogens is 2. The van der Waals surface area contributed by atoms with Crippen LogP contribution in [0.15, 0.2) is 23.1 Å². The van der Waals surface area contributed by atoms with Gasteiger partial charge in [-0.3, -0.25) is 0 Å². The number of ether oxygens (including phenoxy) is 1. The Balaban J connectivity index is 2.88. The van der Waals surface area contributed by atoms with E-state index in [9.17, 15) is 8.42 Å². The third-order valence-electron chi connectivity index (χ3n) is 2.44. The van der Waals surface area contributed by atoms with Crippen LogP contribution in [0, 0.1) is 0 Å². The predicted molar refractivity (Wildman–Crippen MR) is 72.7 cm³/mol. The summed E-state index contributed by atoms with van der Waals surface area (Å²) in [4.78, 5) is 0.115. The number of alkyl halides is 1. The number of hydrogen-bond donors (Lipinski definition) is 1. The van der Waals surface area contributed by atoms with Gasteiger partial charge >= 0.3 is 0 Å². The molecule has 0 aliphatic heterocycles. The topological polar surface area (TPSA) is 55.4 Å². The lowest BCUT2D eigenvalue weighted by Gasteiger charge is -2.12. The number of sulfonamides is 1. The second kappa shape index (κ2) is 6.73. The molecule has 0 radical (unpaired) electrons. The molecule has 1 aromatic rings. The highest BCUT2D eigenvalue weighted by Crippen LogP contribution is 2.22. The predicted octanol–water partition coefficient (Wildman–Crippen LogP) is 2.39. The molecule has 0 spiro atoms. The van der Waals surface area contributed by atoms with Gasteiger partial charge in [-0.15, -0.1) is 11.6 Å². The van der Waals surface area contributed by atoms with Gasteiger partial charge in [-0.05, 0) is 24.6 Å². The van der Waals surface area contributed by atoms with Gasteiger partial charge in [0.1, 0.15) is 0 Å². The van der Waals surface area contributed by atoms with Crippen LogP contribution in [0.4, 0.5) is 0 Å². The fourth-order valence-electron chi connectivity index (χ4n) is 1.20. The van der Waals surface area contributed by atoms with Crippen molar-refractivity contribution in [1.29, 1.82) is 0 Å². The molecule has 0 heterocycles. The normalized spacial score (nSPS) is 13.6. The van der Waals surface area contributed by atoms with E-state index in [4.69, 9.17) is 27.9 Å². The highest BCUT2D eigenvalue weighted by molar-refractivity contribution is 7.89. The minimum atomic E-state index is -3.57. The average Bonchev–Trinajstić information content (AvgIpc) is 2.35. The van der Waals surface area contributed by atoms with E-state index >= 15 is 0 Å². The fourth-order valence-corrected chi connectivity index (χ4v) is 2.95. The van der Waals surface area contributed by atoms with Crippen molar-refractivity contribution in [3.05, 3.63) is 28.8 Å². The van der Waals surface area contributed by atoms with Gasteiger partial charge in [0.25, 0.3) is 0 Å². The highest BCUT2D eigenvalue weighted by atomic mass is 35.5. The Bertz CT molecular complexity index is 505. The summed E-state index contributed by atoms with van der Waals surface area (Å²) in [5, 5.41) is 0.340. The summed E-state index contributed by atoms with van der Waals surface area (Å²) >= 11 is 11.6. The van der Waals surface area contributed by atoms with Crippen LogP contribution in [-0.2, 0) is 20.6 Å². The summed E-state index contributed by atoms with van der Waals surface area (Å²) in [5.41, 5.74) is 0.697. The van der Waals surface area contributed by atoms with Crippen molar-refractivity contribution in [2.45, 2.75) is 23.8 Å². The summed E-state index contributed by atoms with van der Waals surface area (Å²) in [6, 6.07) is 4.46. The maximum Gasteiger partial charge on any atom is 0.240 e. The first kappa shape index (κ1) is 15.7. The summed E-state index contributed by atoms with van der Waals surface area (Å²) < 4.78 is 31.3. The molecule has 1 N–H and O–H groups in total. The smallest absolute Gasteiger partial charge is 0.240 e. The first-order chi connectivity index (χ1) is 8.40. The van der Waals surface area contributed by atoms with Gasteiger partial charge in [0.15, 0.2) is 0 Å². The van der Waals surface area contributed by atoms with Crippen molar-refractivity contribution in [3.63, 3.8) is 0 Å². The van der Waals surface area contributed by atoms with E-state index in [0.717, 1.165) is 0 Å². The van der Waals surface area contributed by atoms with Crippen molar-refractivity contribution in [2.75, 3.05) is 13.7 Å². The Morgan fingerprint density at radius 1 is 1.44 bits per heavy atom. The lowest BCUT2D eigenvalue weighted by molar-refractivity contribution is 0.122. The summed E-state index contributed by atoms with van der Waals surface area (Å²) in [6.45, 7) is 1.97. The summed E-state index contributed by atoms with van der Waals surface area (Å²) in [6.07, 6.45) is -0.197. The monoisotopic (exact) mass is 311 g/mol. The maximum atomic E-state index is 11.9. The molecular formula is C11H15Cl2NO3S. The van der Waals surface area contributed by atoms with Crippen molar-refractivity contribution in [2.24, 2.45) is 0 Å². The standard InChI is InChI=1S/C11H15Cl2NO3S/c1-8(17-2)7-14-18(15,16)10-4-3-9(6-12)11(13)5-10/h3-5,8,14H,6-7H2,1-2H3. The van der Waals surface area contributed by atoms with Crippen molar-refractivity contribution >= 4 is 33.2 Å². The average molecular weight is 312 g/mol. The van der Waals surface area contributed by atoms with E-state index < -0.39 is 10.0 Å². The van der Waals surface area contributed by atoms with Gasteiger partial charge in [-0.2, -0.15) is 0 Å². The van der Waals surface area contributed by atoms with Crippen LogP contribution in [0.25, 0.3) is 0 Å². The Hall–Kier alpha value is -0.330.